The first kappa shape index (κ1) is 14.9. The van der Waals surface area contributed by atoms with Crippen LogP contribution in [0.2, 0.25) is 0 Å². The van der Waals surface area contributed by atoms with E-state index in [1.54, 1.807) is 5.38 Å². The molecule has 0 atom stereocenters. The summed E-state index contributed by atoms with van der Waals surface area (Å²) in [4.78, 5) is 25.7. The zero-order valence-electron chi connectivity index (χ0n) is 11.3. The highest BCUT2D eigenvalue weighted by Gasteiger charge is 2.21. The van der Waals surface area contributed by atoms with Gasteiger partial charge in [-0.2, -0.15) is 0 Å². The number of hydrogen-bond acceptors (Lipinski definition) is 9. The molecular formula is C13H10N4O2S3. The maximum atomic E-state index is 12.4. The number of nitrogen functional groups attached to an aromatic ring is 1. The van der Waals surface area contributed by atoms with Crippen molar-refractivity contribution in [2.45, 2.75) is 4.34 Å². The summed E-state index contributed by atoms with van der Waals surface area (Å²) in [5, 5.41) is 5.53. The van der Waals surface area contributed by atoms with Gasteiger partial charge < -0.3 is 10.6 Å². The summed E-state index contributed by atoms with van der Waals surface area (Å²) >= 11 is 3.70. The topological polar surface area (TPSA) is 90.5 Å². The summed E-state index contributed by atoms with van der Waals surface area (Å²) in [5.41, 5.74) is 7.00. The minimum atomic E-state index is -0.286. The predicted octanol–water partition coefficient (Wildman–Crippen LogP) is 3.00. The summed E-state index contributed by atoms with van der Waals surface area (Å²) in [6, 6.07) is 7.72. The number of benzene rings is 1. The SMILES string of the molecule is CO/N=C(\C(=O)Sc1nc2ccccc2s1)c1csc(N)n1. The van der Waals surface area contributed by atoms with Crippen LogP contribution in [0.4, 0.5) is 5.13 Å². The molecule has 0 radical (unpaired) electrons. The zero-order chi connectivity index (χ0) is 15.5. The number of carbonyl (C=O) groups excluding carboxylic acids is 1. The molecule has 0 aliphatic carbocycles. The highest BCUT2D eigenvalue weighted by Crippen LogP contribution is 2.30. The maximum Gasteiger partial charge on any atom is 0.250 e. The van der Waals surface area contributed by atoms with E-state index in [-0.39, 0.29) is 10.8 Å². The van der Waals surface area contributed by atoms with Crippen molar-refractivity contribution in [1.82, 2.24) is 9.97 Å². The smallest absolute Gasteiger partial charge is 0.250 e. The molecule has 112 valence electrons. The highest BCUT2D eigenvalue weighted by molar-refractivity contribution is 8.16. The fourth-order valence-corrected chi connectivity index (χ4v) is 4.15. The van der Waals surface area contributed by atoms with Gasteiger partial charge in [0.25, 0.3) is 0 Å². The molecule has 0 spiro atoms. The minimum Gasteiger partial charge on any atom is -0.398 e. The van der Waals surface area contributed by atoms with Crippen LogP contribution in [0.15, 0.2) is 39.1 Å². The second-order valence-corrected chi connectivity index (χ2v) is 7.17. The van der Waals surface area contributed by atoms with Gasteiger partial charge in [0.2, 0.25) is 5.12 Å². The van der Waals surface area contributed by atoms with Gasteiger partial charge in [0.05, 0.1) is 10.2 Å². The van der Waals surface area contributed by atoms with Crippen LogP contribution in [-0.4, -0.2) is 27.9 Å². The van der Waals surface area contributed by atoms with E-state index in [0.29, 0.717) is 15.2 Å². The maximum absolute atomic E-state index is 12.4. The fraction of sp³-hybridized carbons (Fsp3) is 0.0769. The number of thioether (sulfide) groups is 1. The first-order valence-corrected chi connectivity index (χ1v) is 8.59. The quantitative estimate of drug-likeness (QED) is 0.442. The molecule has 0 unspecified atom stereocenters. The molecule has 0 saturated heterocycles. The van der Waals surface area contributed by atoms with E-state index in [4.69, 9.17) is 10.6 Å². The molecular weight excluding hydrogens is 340 g/mol. The Kier molecular flexibility index (Phi) is 4.36. The van der Waals surface area contributed by atoms with Crippen LogP contribution in [-0.2, 0) is 9.63 Å². The summed E-state index contributed by atoms with van der Waals surface area (Å²) in [6.07, 6.45) is 0. The van der Waals surface area contributed by atoms with Crippen molar-refractivity contribution >= 4 is 60.6 Å². The summed E-state index contributed by atoms with van der Waals surface area (Å²) in [5.74, 6) is 0. The molecule has 1 aromatic carbocycles. The number of nitrogens with zero attached hydrogens (tertiary/aromatic N) is 3. The van der Waals surface area contributed by atoms with E-state index in [0.717, 1.165) is 22.0 Å². The van der Waals surface area contributed by atoms with Gasteiger partial charge in [-0.15, -0.1) is 22.7 Å². The van der Waals surface area contributed by atoms with Gasteiger partial charge in [-0.3, -0.25) is 4.79 Å². The van der Waals surface area contributed by atoms with Gasteiger partial charge in [-0.25, -0.2) is 9.97 Å². The largest absolute Gasteiger partial charge is 0.398 e. The molecule has 2 heterocycles. The Labute approximate surface area is 138 Å². The molecule has 2 aromatic heterocycles. The lowest BCUT2D eigenvalue weighted by Crippen LogP contribution is -2.13. The Bertz CT molecular complexity index is 823. The number of oxime groups is 1. The monoisotopic (exact) mass is 350 g/mol. The first-order chi connectivity index (χ1) is 10.7. The third-order valence-electron chi connectivity index (χ3n) is 2.59. The molecule has 0 saturated carbocycles. The molecule has 0 amide bonds. The summed E-state index contributed by atoms with van der Waals surface area (Å²) < 4.78 is 1.68. The lowest BCUT2D eigenvalue weighted by molar-refractivity contribution is -0.105. The standard InChI is InChI=1S/C13H10N4O2S3/c1-19-17-10(8-6-20-12(14)15-8)11(18)22-13-16-7-4-2-3-5-9(7)21-13/h2-6H,1H3,(H2,14,15)/b17-10-. The number of thiazole rings is 2. The van der Waals surface area contributed by atoms with Crippen molar-refractivity contribution < 1.29 is 9.63 Å². The normalized spacial score (nSPS) is 11.8. The average Bonchev–Trinajstić information content (AvgIpc) is 3.10. The Morgan fingerprint density at radius 1 is 1.36 bits per heavy atom. The van der Waals surface area contributed by atoms with E-state index in [1.165, 1.54) is 29.8 Å². The Morgan fingerprint density at radius 3 is 2.86 bits per heavy atom. The summed E-state index contributed by atoms with van der Waals surface area (Å²) in [7, 11) is 1.38. The van der Waals surface area contributed by atoms with Crippen LogP contribution in [0.1, 0.15) is 5.69 Å². The fourth-order valence-electron chi connectivity index (χ4n) is 1.70. The van der Waals surface area contributed by atoms with Crippen molar-refractivity contribution in [1.29, 1.82) is 0 Å². The number of aromatic nitrogens is 2. The zero-order valence-corrected chi connectivity index (χ0v) is 13.8. The second-order valence-electron chi connectivity index (χ2n) is 4.03. The molecule has 3 rings (SSSR count). The number of fused-ring (bicyclic) bond motifs is 1. The summed E-state index contributed by atoms with van der Waals surface area (Å²) in [6.45, 7) is 0. The van der Waals surface area contributed by atoms with Gasteiger partial charge in [-0.1, -0.05) is 17.3 Å². The third kappa shape index (κ3) is 3.11. The molecule has 2 N–H and O–H groups in total. The Hall–Kier alpha value is -1.97. The van der Waals surface area contributed by atoms with Crippen molar-refractivity contribution in [3.05, 3.63) is 35.3 Å². The molecule has 9 heteroatoms. The molecule has 0 aliphatic heterocycles. The van der Waals surface area contributed by atoms with Gasteiger partial charge in [0, 0.05) is 5.38 Å². The van der Waals surface area contributed by atoms with Crippen LogP contribution in [0.3, 0.4) is 0 Å². The van der Waals surface area contributed by atoms with Gasteiger partial charge in [0.15, 0.2) is 15.2 Å². The van der Waals surface area contributed by atoms with E-state index >= 15 is 0 Å². The van der Waals surface area contributed by atoms with E-state index < -0.39 is 0 Å². The number of hydrogen-bond donors (Lipinski definition) is 1. The first-order valence-electron chi connectivity index (χ1n) is 6.07. The number of rotatable bonds is 4. The Morgan fingerprint density at radius 2 is 2.18 bits per heavy atom. The second kappa shape index (κ2) is 6.42. The van der Waals surface area contributed by atoms with E-state index in [2.05, 4.69) is 15.1 Å². The van der Waals surface area contributed by atoms with Crippen molar-refractivity contribution in [2.75, 3.05) is 12.8 Å². The molecule has 0 bridgehead atoms. The Balaban J connectivity index is 1.86. The van der Waals surface area contributed by atoms with Crippen molar-refractivity contribution in [3.8, 4) is 0 Å². The van der Waals surface area contributed by atoms with Gasteiger partial charge in [0.1, 0.15) is 12.8 Å². The van der Waals surface area contributed by atoms with Gasteiger partial charge >= 0.3 is 0 Å². The van der Waals surface area contributed by atoms with Crippen LogP contribution in [0, 0.1) is 0 Å². The predicted molar refractivity (Wildman–Crippen MR) is 90.6 cm³/mol. The minimum absolute atomic E-state index is 0.125. The van der Waals surface area contributed by atoms with Gasteiger partial charge in [-0.05, 0) is 23.9 Å². The molecule has 22 heavy (non-hydrogen) atoms. The number of anilines is 1. The third-order valence-corrected chi connectivity index (χ3v) is 5.24. The van der Waals surface area contributed by atoms with E-state index in [1.807, 2.05) is 24.3 Å². The molecule has 0 aliphatic rings. The number of carbonyl (C=O) groups is 1. The van der Waals surface area contributed by atoms with Crippen LogP contribution in [0.5, 0.6) is 0 Å². The highest BCUT2D eigenvalue weighted by atomic mass is 32.2. The van der Waals surface area contributed by atoms with Crippen LogP contribution >= 0.6 is 34.4 Å². The lowest BCUT2D eigenvalue weighted by Gasteiger charge is -1.99. The molecule has 6 nitrogen and oxygen atoms in total. The number of para-hydroxylation sites is 1. The molecule has 3 aromatic rings. The van der Waals surface area contributed by atoms with Crippen molar-refractivity contribution in [3.63, 3.8) is 0 Å². The van der Waals surface area contributed by atoms with Crippen LogP contribution in [0.25, 0.3) is 10.2 Å². The average molecular weight is 350 g/mol. The molecule has 0 fully saturated rings. The van der Waals surface area contributed by atoms with Crippen molar-refractivity contribution in [2.24, 2.45) is 5.16 Å². The number of nitrogens with two attached hydrogens (primary N) is 1. The van der Waals surface area contributed by atoms with E-state index in [9.17, 15) is 4.79 Å². The van der Waals surface area contributed by atoms with Crippen LogP contribution < -0.4 is 5.73 Å². The lowest BCUT2D eigenvalue weighted by atomic mass is 10.3.